The third-order valence-electron chi connectivity index (χ3n) is 8.62. The second-order valence-corrected chi connectivity index (χ2v) is 13.0. The van der Waals surface area contributed by atoms with Crippen molar-refractivity contribution in [3.8, 4) is 23.0 Å². The van der Waals surface area contributed by atoms with Gasteiger partial charge in [-0.2, -0.15) is 0 Å². The predicted molar refractivity (Wildman–Crippen MR) is 211 cm³/mol. The van der Waals surface area contributed by atoms with Crippen LogP contribution in [0.15, 0.2) is 109 Å². The number of benzene rings is 4. The van der Waals surface area contributed by atoms with E-state index in [4.69, 9.17) is 19.4 Å². The van der Waals surface area contributed by atoms with Gasteiger partial charge in [-0.15, -0.1) is 0 Å². The van der Waals surface area contributed by atoms with Gasteiger partial charge in [0.15, 0.2) is 0 Å². The fourth-order valence-corrected chi connectivity index (χ4v) is 6.03. The van der Waals surface area contributed by atoms with Gasteiger partial charge in [-0.3, -0.25) is 9.59 Å². The molecule has 0 N–H and O–H groups in total. The standard InChI is InChI=1S/C24H29NO4.C17H19NO2.C2H4O2.C2H6.2Na/c1-3-13-25(24(28)22-14-17(2)21(22)15-23(26)27)16-18-9-11-20(12-10-18)29-19-7-5-4-6-8-19;1-2-12-18(14-19)13-15-8-10-17(11-9-15)20-16-6-4-3-5-7-16;1-2(3)4;1-2;;/h4-12,17,21-22H,3,13-16H2,1-2H3,(H,26,27);3-11,14H,2,12-13H2,1H3;1H3,(H,3,4);1-2H3;;/q;;;;2*+1/p-2/t17-,21?,22?;;;;;/m0...../s1. The second-order valence-electron chi connectivity index (χ2n) is 13.0. The number of amides is 2. The molecule has 57 heavy (non-hydrogen) atoms. The van der Waals surface area contributed by atoms with E-state index in [0.717, 1.165) is 73.3 Å². The van der Waals surface area contributed by atoms with Crippen LogP contribution in [0.25, 0.3) is 0 Å². The number of carboxylic acid groups (broad SMARTS) is 2. The average Bonchev–Trinajstić information content (AvgIpc) is 3.18. The Morgan fingerprint density at radius 2 is 1.09 bits per heavy atom. The summed E-state index contributed by atoms with van der Waals surface area (Å²) in [7, 11) is 0. The molecule has 0 bridgehead atoms. The molecule has 2 amide bonds. The summed E-state index contributed by atoms with van der Waals surface area (Å²) in [6.07, 6.45) is 3.43. The Bertz CT molecular complexity index is 1690. The third kappa shape index (κ3) is 20.6. The van der Waals surface area contributed by atoms with Crippen molar-refractivity contribution < 1.29 is 98.0 Å². The number of rotatable bonds is 16. The normalized spacial score (nSPS) is 14.5. The van der Waals surface area contributed by atoms with Crippen LogP contribution in [0.3, 0.4) is 0 Å². The molecule has 0 aromatic heterocycles. The van der Waals surface area contributed by atoms with Crippen molar-refractivity contribution in [2.45, 2.75) is 80.3 Å². The second kappa shape index (κ2) is 30.4. The molecule has 3 atom stereocenters. The number of nitrogens with zero attached hydrogens (tertiary/aromatic N) is 2. The summed E-state index contributed by atoms with van der Waals surface area (Å²) in [5, 5.41) is 19.9. The molecule has 0 saturated heterocycles. The summed E-state index contributed by atoms with van der Waals surface area (Å²) in [6, 6.07) is 34.8. The quantitative estimate of drug-likeness (QED) is 0.122. The van der Waals surface area contributed by atoms with Crippen LogP contribution < -0.4 is 78.8 Å². The zero-order valence-corrected chi connectivity index (χ0v) is 39.0. The van der Waals surface area contributed by atoms with Crippen LogP contribution in [0.2, 0.25) is 0 Å². The minimum absolute atomic E-state index is 0. The molecular weight excluding hydrogens is 742 g/mol. The van der Waals surface area contributed by atoms with Gasteiger partial charge in [0, 0.05) is 44.0 Å². The first-order valence-electron chi connectivity index (χ1n) is 19.0. The fraction of sp³-hybridized carbons (Fsp3) is 0.378. The number of hydrogen-bond donors (Lipinski definition) is 0. The van der Waals surface area contributed by atoms with E-state index in [0.29, 0.717) is 19.6 Å². The SMILES string of the molecule is CC.CC(=O)[O-].CCCN(C=O)Cc1ccc(Oc2ccccc2)cc1.CCCN(Cc1ccc(Oc2ccccc2)cc1)C(=O)C1C[C@H](C)C1CC(=O)[O-].[Na+].[Na+]. The maximum atomic E-state index is 13.1. The Hall–Kier alpha value is -3.64. The smallest absolute Gasteiger partial charge is 0.550 e. The van der Waals surface area contributed by atoms with Crippen LogP contribution in [0.4, 0.5) is 0 Å². The molecule has 0 aliphatic heterocycles. The molecule has 0 spiro atoms. The van der Waals surface area contributed by atoms with Crippen molar-refractivity contribution in [3.63, 3.8) is 0 Å². The molecule has 12 heteroatoms. The van der Waals surface area contributed by atoms with E-state index >= 15 is 0 Å². The number of hydrogen-bond acceptors (Lipinski definition) is 8. The molecule has 4 aromatic carbocycles. The van der Waals surface area contributed by atoms with Crippen LogP contribution in [0.1, 0.15) is 78.4 Å². The molecule has 0 radical (unpaired) electrons. The number of aliphatic carboxylic acids is 2. The first kappa shape index (κ1) is 53.4. The molecule has 1 aliphatic rings. The fourth-order valence-electron chi connectivity index (χ4n) is 6.03. The molecule has 2 unspecified atom stereocenters. The summed E-state index contributed by atoms with van der Waals surface area (Å²) in [4.78, 5) is 47.5. The molecule has 10 nitrogen and oxygen atoms in total. The van der Waals surface area contributed by atoms with Crippen LogP contribution in [0, 0.1) is 17.8 Å². The first-order valence-corrected chi connectivity index (χ1v) is 19.0. The van der Waals surface area contributed by atoms with Gasteiger partial charge in [0.05, 0.1) is 0 Å². The molecule has 0 heterocycles. The number of carbonyl (C=O) groups is 4. The van der Waals surface area contributed by atoms with Crippen LogP contribution in [-0.4, -0.2) is 47.1 Å². The van der Waals surface area contributed by atoms with E-state index in [-0.39, 0.29) is 89.2 Å². The Morgan fingerprint density at radius 3 is 1.46 bits per heavy atom. The minimum Gasteiger partial charge on any atom is -0.550 e. The summed E-state index contributed by atoms with van der Waals surface area (Å²) < 4.78 is 11.5. The monoisotopic (exact) mass is 798 g/mol. The van der Waals surface area contributed by atoms with Crippen molar-refractivity contribution in [1.29, 1.82) is 0 Å². The summed E-state index contributed by atoms with van der Waals surface area (Å²) in [5.41, 5.74) is 2.13. The van der Waals surface area contributed by atoms with E-state index in [1.54, 1.807) is 4.90 Å². The number of carboxylic acids is 2. The topological polar surface area (TPSA) is 139 Å². The van der Waals surface area contributed by atoms with Crippen molar-refractivity contribution in [3.05, 3.63) is 120 Å². The summed E-state index contributed by atoms with van der Waals surface area (Å²) >= 11 is 0. The minimum atomic E-state index is -1.08. The van der Waals surface area contributed by atoms with Crippen molar-refractivity contribution in [2.75, 3.05) is 13.1 Å². The largest absolute Gasteiger partial charge is 1.00 e. The van der Waals surface area contributed by atoms with Gasteiger partial charge in [-0.1, -0.05) is 95.3 Å². The van der Waals surface area contributed by atoms with Crippen LogP contribution in [-0.2, 0) is 32.3 Å². The van der Waals surface area contributed by atoms with Gasteiger partial charge < -0.3 is 39.1 Å². The van der Waals surface area contributed by atoms with Crippen LogP contribution >= 0.6 is 0 Å². The van der Waals surface area contributed by atoms with Crippen molar-refractivity contribution >= 4 is 24.3 Å². The van der Waals surface area contributed by atoms with E-state index in [2.05, 4.69) is 6.92 Å². The molecule has 296 valence electrons. The maximum absolute atomic E-state index is 13.1. The molecule has 1 aliphatic carbocycles. The maximum Gasteiger partial charge on any atom is 1.00 e. The molecular formula is C45H56N2Na2O8. The molecule has 5 rings (SSSR count). The van der Waals surface area contributed by atoms with Gasteiger partial charge >= 0.3 is 59.1 Å². The number of para-hydroxylation sites is 2. The zero-order valence-electron chi connectivity index (χ0n) is 35.0. The van der Waals surface area contributed by atoms with Gasteiger partial charge in [-0.05, 0) is 104 Å². The Morgan fingerprint density at radius 1 is 0.684 bits per heavy atom. The van der Waals surface area contributed by atoms with Crippen molar-refractivity contribution in [1.82, 2.24) is 9.80 Å². The average molecular weight is 799 g/mol. The van der Waals surface area contributed by atoms with Gasteiger partial charge in [0.1, 0.15) is 23.0 Å². The van der Waals surface area contributed by atoms with Gasteiger partial charge in [0.25, 0.3) is 0 Å². The predicted octanol–water partition coefficient (Wildman–Crippen LogP) is 1.27. The van der Waals surface area contributed by atoms with Gasteiger partial charge in [0.2, 0.25) is 12.3 Å². The molecule has 1 fully saturated rings. The third-order valence-corrected chi connectivity index (χ3v) is 8.62. The summed E-state index contributed by atoms with van der Waals surface area (Å²) in [6.45, 7) is 13.7. The number of ether oxygens (including phenoxy) is 2. The Kier molecular flexibility index (Phi) is 28.5. The van der Waals surface area contributed by atoms with Crippen LogP contribution in [0.5, 0.6) is 23.0 Å². The Balaban J connectivity index is 0.000000980. The number of carbonyl (C=O) groups excluding carboxylic acids is 4. The Labute approximate surface area is 383 Å². The molecule has 1 saturated carbocycles. The zero-order chi connectivity index (χ0) is 40.6. The summed E-state index contributed by atoms with van der Waals surface area (Å²) in [5.74, 6) is 0.963. The van der Waals surface area contributed by atoms with E-state index in [1.807, 2.05) is 142 Å². The van der Waals surface area contributed by atoms with E-state index in [9.17, 15) is 19.5 Å². The van der Waals surface area contributed by atoms with Gasteiger partial charge in [-0.25, -0.2) is 0 Å². The van der Waals surface area contributed by atoms with Crippen molar-refractivity contribution in [2.24, 2.45) is 17.8 Å². The first-order chi connectivity index (χ1) is 26.5. The van der Waals surface area contributed by atoms with E-state index < -0.39 is 11.9 Å². The van der Waals surface area contributed by atoms with E-state index in [1.165, 1.54) is 0 Å². The molecule has 4 aromatic rings.